The summed E-state index contributed by atoms with van der Waals surface area (Å²) in [6, 6.07) is 8.53. The van der Waals surface area contributed by atoms with Crippen LogP contribution < -0.4 is 5.73 Å². The molecule has 2 aromatic rings. The number of benzene rings is 1. The van der Waals surface area contributed by atoms with Gasteiger partial charge in [-0.05, 0) is 37.3 Å². The number of ether oxygens (including phenoxy) is 1. The van der Waals surface area contributed by atoms with Gasteiger partial charge in [0.2, 0.25) is 0 Å². The summed E-state index contributed by atoms with van der Waals surface area (Å²) in [5, 5.41) is 1.27. The minimum absolute atomic E-state index is 0.116. The van der Waals surface area contributed by atoms with E-state index in [-0.39, 0.29) is 6.04 Å². The fourth-order valence-electron chi connectivity index (χ4n) is 3.04. The fraction of sp³-hybridized carbons (Fsp3) is 0.467. The molecule has 2 heterocycles. The zero-order valence-electron chi connectivity index (χ0n) is 10.8. The quantitative estimate of drug-likeness (QED) is 0.853. The Kier molecular flexibility index (Phi) is 3.10. The van der Waals surface area contributed by atoms with Gasteiger partial charge in [-0.25, -0.2) is 0 Å². The van der Waals surface area contributed by atoms with Gasteiger partial charge in [-0.1, -0.05) is 18.2 Å². The van der Waals surface area contributed by atoms with Crippen LogP contribution in [0.1, 0.15) is 30.1 Å². The molecule has 0 spiro atoms. The van der Waals surface area contributed by atoms with Crippen molar-refractivity contribution in [3.63, 3.8) is 0 Å². The number of rotatable bonds is 2. The van der Waals surface area contributed by atoms with Crippen LogP contribution in [-0.2, 0) is 4.74 Å². The van der Waals surface area contributed by atoms with E-state index in [4.69, 9.17) is 10.5 Å². The maximum Gasteiger partial charge on any atom is 0.0469 e. The summed E-state index contributed by atoms with van der Waals surface area (Å²) in [7, 11) is 0. The topological polar surface area (TPSA) is 51.0 Å². The number of hydrogen-bond donors (Lipinski definition) is 2. The fourth-order valence-corrected chi connectivity index (χ4v) is 3.04. The second-order valence-corrected chi connectivity index (χ2v) is 5.18. The minimum Gasteiger partial charge on any atom is -0.381 e. The van der Waals surface area contributed by atoms with E-state index in [0.717, 1.165) is 26.1 Å². The number of hydrogen-bond acceptors (Lipinski definition) is 2. The maximum absolute atomic E-state index is 6.51. The Labute approximate surface area is 107 Å². The molecule has 3 N–H and O–H groups in total. The van der Waals surface area contributed by atoms with Crippen molar-refractivity contribution in [3.8, 4) is 0 Å². The summed E-state index contributed by atoms with van der Waals surface area (Å²) in [4.78, 5) is 3.44. The number of aromatic nitrogens is 1. The molecule has 1 saturated heterocycles. The van der Waals surface area contributed by atoms with E-state index in [2.05, 4.69) is 36.2 Å². The molecule has 1 aromatic carbocycles. The largest absolute Gasteiger partial charge is 0.381 e. The smallest absolute Gasteiger partial charge is 0.0469 e. The van der Waals surface area contributed by atoms with Gasteiger partial charge in [0.15, 0.2) is 0 Å². The average Bonchev–Trinajstić information content (AvgIpc) is 2.75. The second-order valence-electron chi connectivity index (χ2n) is 5.18. The summed E-state index contributed by atoms with van der Waals surface area (Å²) in [5.74, 6) is 0.539. The predicted molar refractivity (Wildman–Crippen MR) is 73.5 cm³/mol. The van der Waals surface area contributed by atoms with Crippen LogP contribution in [0.5, 0.6) is 0 Å². The number of nitrogens with one attached hydrogen (secondary N) is 1. The Morgan fingerprint density at radius 2 is 2.00 bits per heavy atom. The molecular weight excluding hydrogens is 224 g/mol. The van der Waals surface area contributed by atoms with Crippen molar-refractivity contribution >= 4 is 10.9 Å². The number of para-hydroxylation sites is 1. The molecule has 0 saturated carbocycles. The van der Waals surface area contributed by atoms with E-state index in [1.807, 2.05) is 0 Å². The summed E-state index contributed by atoms with van der Waals surface area (Å²) < 4.78 is 5.42. The molecule has 1 aliphatic heterocycles. The highest BCUT2D eigenvalue weighted by Gasteiger charge is 2.25. The van der Waals surface area contributed by atoms with Gasteiger partial charge in [0.05, 0.1) is 0 Å². The first kappa shape index (κ1) is 11.8. The van der Waals surface area contributed by atoms with E-state index in [1.54, 1.807) is 0 Å². The molecule has 0 radical (unpaired) electrons. The molecule has 3 nitrogen and oxygen atoms in total. The number of H-pyrrole nitrogens is 1. The monoisotopic (exact) mass is 244 g/mol. The standard InChI is InChI=1S/C15H20N2O/c1-10-14(12-4-2-3-5-13(12)17-10)15(16)11-6-8-18-9-7-11/h2-5,11,15,17H,6-9,16H2,1H3/t15-/m1/s1. The lowest BCUT2D eigenvalue weighted by atomic mass is 9.86. The Morgan fingerprint density at radius 3 is 2.78 bits per heavy atom. The minimum atomic E-state index is 0.116. The second kappa shape index (κ2) is 4.75. The van der Waals surface area contributed by atoms with E-state index in [1.165, 1.54) is 22.2 Å². The number of fused-ring (bicyclic) bond motifs is 1. The van der Waals surface area contributed by atoms with Crippen molar-refractivity contribution in [1.29, 1.82) is 0 Å². The van der Waals surface area contributed by atoms with Crippen molar-refractivity contribution in [2.45, 2.75) is 25.8 Å². The van der Waals surface area contributed by atoms with Gasteiger partial charge in [-0.2, -0.15) is 0 Å². The number of aromatic amines is 1. The molecule has 18 heavy (non-hydrogen) atoms. The van der Waals surface area contributed by atoms with Gasteiger partial charge in [0, 0.05) is 35.9 Å². The third-order valence-corrected chi connectivity index (χ3v) is 4.05. The molecule has 1 aromatic heterocycles. The molecule has 96 valence electrons. The zero-order chi connectivity index (χ0) is 12.5. The summed E-state index contributed by atoms with van der Waals surface area (Å²) in [5.41, 5.74) is 10.2. The Balaban J connectivity index is 1.99. The normalized spacial score (nSPS) is 19.2. The van der Waals surface area contributed by atoms with Crippen LogP contribution in [0.4, 0.5) is 0 Å². The summed E-state index contributed by atoms with van der Waals surface area (Å²) >= 11 is 0. The molecule has 1 atom stereocenters. The molecule has 3 rings (SSSR count). The highest BCUT2D eigenvalue weighted by molar-refractivity contribution is 5.85. The van der Waals surface area contributed by atoms with Crippen LogP contribution in [0, 0.1) is 12.8 Å². The number of nitrogens with two attached hydrogens (primary N) is 1. The molecule has 1 aliphatic rings. The van der Waals surface area contributed by atoms with Gasteiger partial charge in [-0.15, -0.1) is 0 Å². The first-order valence-electron chi connectivity index (χ1n) is 6.68. The first-order chi connectivity index (χ1) is 8.77. The number of aryl methyl sites for hydroxylation is 1. The Morgan fingerprint density at radius 1 is 1.28 bits per heavy atom. The van der Waals surface area contributed by atoms with Gasteiger partial charge >= 0.3 is 0 Å². The van der Waals surface area contributed by atoms with E-state index < -0.39 is 0 Å². The van der Waals surface area contributed by atoms with Crippen molar-refractivity contribution < 1.29 is 4.74 Å². The van der Waals surface area contributed by atoms with E-state index in [9.17, 15) is 0 Å². The lowest BCUT2D eigenvalue weighted by Crippen LogP contribution is -2.27. The van der Waals surface area contributed by atoms with Crippen LogP contribution in [0.15, 0.2) is 24.3 Å². The van der Waals surface area contributed by atoms with Gasteiger partial charge < -0.3 is 15.5 Å². The third-order valence-electron chi connectivity index (χ3n) is 4.05. The first-order valence-corrected chi connectivity index (χ1v) is 6.68. The average molecular weight is 244 g/mol. The van der Waals surface area contributed by atoms with Crippen molar-refractivity contribution in [2.24, 2.45) is 11.7 Å². The lowest BCUT2D eigenvalue weighted by Gasteiger charge is -2.28. The highest BCUT2D eigenvalue weighted by Crippen LogP contribution is 2.34. The van der Waals surface area contributed by atoms with Crippen molar-refractivity contribution in [3.05, 3.63) is 35.5 Å². The predicted octanol–water partition coefficient (Wildman–Crippen LogP) is 2.90. The third kappa shape index (κ3) is 1.93. The zero-order valence-corrected chi connectivity index (χ0v) is 10.8. The van der Waals surface area contributed by atoms with Crippen LogP contribution in [-0.4, -0.2) is 18.2 Å². The lowest BCUT2D eigenvalue weighted by molar-refractivity contribution is 0.0584. The molecular formula is C15H20N2O. The molecule has 3 heteroatoms. The highest BCUT2D eigenvalue weighted by atomic mass is 16.5. The van der Waals surface area contributed by atoms with Crippen LogP contribution in [0.25, 0.3) is 10.9 Å². The molecule has 0 unspecified atom stereocenters. The summed E-state index contributed by atoms with van der Waals surface area (Å²) in [6.07, 6.45) is 2.14. The van der Waals surface area contributed by atoms with Crippen molar-refractivity contribution in [2.75, 3.05) is 13.2 Å². The maximum atomic E-state index is 6.51. The molecule has 1 fully saturated rings. The van der Waals surface area contributed by atoms with E-state index in [0.29, 0.717) is 5.92 Å². The van der Waals surface area contributed by atoms with Gasteiger partial charge in [0.25, 0.3) is 0 Å². The van der Waals surface area contributed by atoms with Crippen LogP contribution >= 0.6 is 0 Å². The Bertz CT molecular complexity index is 540. The van der Waals surface area contributed by atoms with Gasteiger partial charge in [-0.3, -0.25) is 0 Å². The van der Waals surface area contributed by atoms with Gasteiger partial charge in [0.1, 0.15) is 0 Å². The van der Waals surface area contributed by atoms with E-state index >= 15 is 0 Å². The van der Waals surface area contributed by atoms with Crippen LogP contribution in [0.2, 0.25) is 0 Å². The van der Waals surface area contributed by atoms with Crippen LogP contribution in [0.3, 0.4) is 0 Å². The molecule has 0 amide bonds. The molecule has 0 bridgehead atoms. The SMILES string of the molecule is Cc1[nH]c2ccccc2c1[C@H](N)C1CCOCC1. The van der Waals surface area contributed by atoms with Crippen molar-refractivity contribution in [1.82, 2.24) is 4.98 Å². The Hall–Kier alpha value is -1.32. The summed E-state index contributed by atoms with van der Waals surface area (Å²) in [6.45, 7) is 3.81. The molecule has 0 aliphatic carbocycles.